The number of hydrogen-bond acceptors (Lipinski definition) is 7. The summed E-state index contributed by atoms with van der Waals surface area (Å²) in [6.45, 7) is 2.69. The van der Waals surface area contributed by atoms with E-state index < -0.39 is 0 Å². The molecule has 0 radical (unpaired) electrons. The lowest BCUT2D eigenvalue weighted by Gasteiger charge is -2.34. The summed E-state index contributed by atoms with van der Waals surface area (Å²) in [7, 11) is 0. The molecular weight excluding hydrogens is 408 g/mol. The minimum atomic E-state index is -0.0165. The molecule has 31 heavy (non-hydrogen) atoms. The number of aromatic nitrogens is 4. The third-order valence-corrected chi connectivity index (χ3v) is 6.15. The van der Waals surface area contributed by atoms with Crippen molar-refractivity contribution in [1.29, 1.82) is 0 Å². The fourth-order valence-electron chi connectivity index (χ4n) is 3.56. The lowest BCUT2D eigenvalue weighted by atomic mass is 10.2. The van der Waals surface area contributed by atoms with Gasteiger partial charge in [0.25, 0.3) is 5.91 Å². The zero-order chi connectivity index (χ0) is 21.0. The van der Waals surface area contributed by atoms with Gasteiger partial charge in [0.15, 0.2) is 5.82 Å². The van der Waals surface area contributed by atoms with Crippen LogP contribution in [0, 0.1) is 0 Å². The van der Waals surface area contributed by atoms with Crippen LogP contribution in [0.25, 0.3) is 21.8 Å². The van der Waals surface area contributed by atoms with E-state index in [4.69, 9.17) is 0 Å². The van der Waals surface area contributed by atoms with Gasteiger partial charge in [0.05, 0.1) is 5.69 Å². The predicted molar refractivity (Wildman–Crippen MR) is 121 cm³/mol. The van der Waals surface area contributed by atoms with Gasteiger partial charge in [-0.15, -0.1) is 21.5 Å². The van der Waals surface area contributed by atoms with E-state index in [1.54, 1.807) is 12.4 Å². The van der Waals surface area contributed by atoms with Gasteiger partial charge in [0.1, 0.15) is 10.7 Å². The van der Waals surface area contributed by atoms with Gasteiger partial charge < -0.3 is 9.80 Å². The first kappa shape index (κ1) is 19.3. The van der Waals surface area contributed by atoms with Crippen molar-refractivity contribution in [3.8, 4) is 21.8 Å². The van der Waals surface area contributed by atoms with Crippen LogP contribution in [-0.4, -0.2) is 57.2 Å². The number of piperazine rings is 1. The topological polar surface area (TPSA) is 75.1 Å². The number of carbonyl (C=O) groups excluding carboxylic acids is 1. The van der Waals surface area contributed by atoms with E-state index in [1.807, 2.05) is 64.9 Å². The molecule has 0 atom stereocenters. The Bertz CT molecular complexity index is 1160. The second-order valence-electron chi connectivity index (χ2n) is 7.20. The number of anilines is 1. The lowest BCUT2D eigenvalue weighted by molar-refractivity contribution is 0.0741. The van der Waals surface area contributed by atoms with E-state index in [0.717, 1.165) is 27.6 Å². The highest BCUT2D eigenvalue weighted by Gasteiger charge is 2.25. The first-order chi connectivity index (χ1) is 15.3. The van der Waals surface area contributed by atoms with Crippen molar-refractivity contribution in [2.75, 3.05) is 31.1 Å². The van der Waals surface area contributed by atoms with Crippen LogP contribution < -0.4 is 4.90 Å². The molecule has 7 nitrogen and oxygen atoms in total. The molecule has 1 aliphatic rings. The summed E-state index contributed by atoms with van der Waals surface area (Å²) in [5, 5.41) is 11.4. The Hall–Kier alpha value is -3.65. The van der Waals surface area contributed by atoms with E-state index in [9.17, 15) is 4.79 Å². The standard InChI is InChI=1S/C23H20N6OS/c30-23(20-16-31-22(25-20)18-4-2-1-3-5-18)29-14-12-28(13-15-29)21-7-6-19(26-27-21)17-8-10-24-11-9-17/h1-11,16H,12-15H2. The average Bonchev–Trinajstić information content (AvgIpc) is 3.35. The zero-order valence-corrected chi connectivity index (χ0v) is 17.6. The highest BCUT2D eigenvalue weighted by atomic mass is 32.1. The fraction of sp³-hybridized carbons (Fsp3) is 0.174. The summed E-state index contributed by atoms with van der Waals surface area (Å²) in [5.41, 5.74) is 3.35. The monoisotopic (exact) mass is 428 g/mol. The molecule has 0 bridgehead atoms. The Morgan fingerprint density at radius 1 is 0.839 bits per heavy atom. The normalized spacial score (nSPS) is 13.9. The minimum absolute atomic E-state index is 0.0165. The smallest absolute Gasteiger partial charge is 0.273 e. The van der Waals surface area contributed by atoms with Crippen molar-refractivity contribution in [3.05, 3.63) is 78.1 Å². The quantitative estimate of drug-likeness (QED) is 0.494. The molecule has 4 heterocycles. The first-order valence-corrected chi connectivity index (χ1v) is 11.0. The number of carbonyl (C=O) groups is 1. The summed E-state index contributed by atoms with van der Waals surface area (Å²) in [6, 6.07) is 17.7. The summed E-state index contributed by atoms with van der Waals surface area (Å²) in [4.78, 5) is 25.5. The molecule has 0 aliphatic carbocycles. The zero-order valence-electron chi connectivity index (χ0n) is 16.8. The van der Waals surface area contributed by atoms with Crippen molar-refractivity contribution in [2.24, 2.45) is 0 Å². The molecule has 1 aromatic carbocycles. The van der Waals surface area contributed by atoms with Gasteiger partial charge >= 0.3 is 0 Å². The average molecular weight is 429 g/mol. The highest BCUT2D eigenvalue weighted by Crippen LogP contribution is 2.24. The molecule has 5 rings (SSSR count). The third-order valence-electron chi connectivity index (χ3n) is 5.26. The number of nitrogens with zero attached hydrogens (tertiary/aromatic N) is 6. The van der Waals surface area contributed by atoms with Crippen molar-refractivity contribution in [1.82, 2.24) is 25.1 Å². The molecule has 0 saturated carbocycles. The maximum Gasteiger partial charge on any atom is 0.273 e. The Morgan fingerprint density at radius 3 is 2.32 bits per heavy atom. The number of pyridine rings is 1. The maximum absolute atomic E-state index is 12.9. The van der Waals surface area contributed by atoms with E-state index in [-0.39, 0.29) is 5.91 Å². The molecule has 1 amide bonds. The van der Waals surface area contributed by atoms with Gasteiger partial charge in [-0.05, 0) is 24.3 Å². The van der Waals surface area contributed by atoms with E-state index in [2.05, 4.69) is 25.1 Å². The SMILES string of the molecule is O=C(c1csc(-c2ccccc2)n1)N1CCN(c2ccc(-c3ccncc3)nn2)CC1. The fourth-order valence-corrected chi connectivity index (χ4v) is 4.36. The Morgan fingerprint density at radius 2 is 1.61 bits per heavy atom. The van der Waals surface area contributed by atoms with E-state index in [0.29, 0.717) is 31.9 Å². The van der Waals surface area contributed by atoms with Crippen LogP contribution in [0.4, 0.5) is 5.82 Å². The van der Waals surface area contributed by atoms with Gasteiger partial charge in [-0.2, -0.15) is 0 Å². The second-order valence-corrected chi connectivity index (χ2v) is 8.05. The van der Waals surface area contributed by atoms with Crippen LogP contribution >= 0.6 is 11.3 Å². The molecule has 0 unspecified atom stereocenters. The van der Waals surface area contributed by atoms with Crippen LogP contribution in [-0.2, 0) is 0 Å². The molecule has 8 heteroatoms. The van der Waals surface area contributed by atoms with E-state index in [1.165, 1.54) is 11.3 Å². The van der Waals surface area contributed by atoms with Crippen molar-refractivity contribution < 1.29 is 4.79 Å². The van der Waals surface area contributed by atoms with Crippen molar-refractivity contribution in [2.45, 2.75) is 0 Å². The summed E-state index contributed by atoms with van der Waals surface area (Å²) >= 11 is 1.50. The summed E-state index contributed by atoms with van der Waals surface area (Å²) < 4.78 is 0. The van der Waals surface area contributed by atoms with Gasteiger partial charge in [-0.3, -0.25) is 9.78 Å². The van der Waals surface area contributed by atoms with Crippen LogP contribution in [0.1, 0.15) is 10.5 Å². The summed E-state index contributed by atoms with van der Waals surface area (Å²) in [5.74, 6) is 0.808. The molecule has 1 saturated heterocycles. The van der Waals surface area contributed by atoms with E-state index >= 15 is 0 Å². The molecule has 1 fully saturated rings. The second kappa shape index (κ2) is 8.61. The molecule has 0 spiro atoms. The number of thiazole rings is 1. The lowest BCUT2D eigenvalue weighted by Crippen LogP contribution is -2.49. The number of benzene rings is 1. The molecule has 0 N–H and O–H groups in total. The maximum atomic E-state index is 12.9. The van der Waals surface area contributed by atoms with Crippen molar-refractivity contribution >= 4 is 23.1 Å². The molecule has 3 aromatic heterocycles. The number of amides is 1. The first-order valence-electron chi connectivity index (χ1n) is 10.1. The molecule has 1 aliphatic heterocycles. The third kappa shape index (κ3) is 4.15. The summed E-state index contributed by atoms with van der Waals surface area (Å²) in [6.07, 6.45) is 3.48. The number of hydrogen-bond donors (Lipinski definition) is 0. The Labute approximate surface area is 184 Å². The largest absolute Gasteiger partial charge is 0.352 e. The number of rotatable bonds is 4. The molecule has 154 valence electrons. The predicted octanol–water partition coefficient (Wildman–Crippen LogP) is 3.62. The van der Waals surface area contributed by atoms with Gasteiger partial charge in [0, 0.05) is 55.1 Å². The Balaban J connectivity index is 1.21. The van der Waals surface area contributed by atoms with Crippen LogP contribution in [0.5, 0.6) is 0 Å². The van der Waals surface area contributed by atoms with Crippen molar-refractivity contribution in [3.63, 3.8) is 0 Å². The molecule has 4 aromatic rings. The Kier molecular flexibility index (Phi) is 5.37. The van der Waals surface area contributed by atoms with Gasteiger partial charge in [-0.1, -0.05) is 30.3 Å². The van der Waals surface area contributed by atoms with Crippen LogP contribution in [0.3, 0.4) is 0 Å². The van der Waals surface area contributed by atoms with Crippen LogP contribution in [0.2, 0.25) is 0 Å². The van der Waals surface area contributed by atoms with Crippen LogP contribution in [0.15, 0.2) is 72.4 Å². The minimum Gasteiger partial charge on any atom is -0.352 e. The van der Waals surface area contributed by atoms with Gasteiger partial charge in [-0.25, -0.2) is 4.98 Å². The van der Waals surface area contributed by atoms with Gasteiger partial charge in [0.2, 0.25) is 0 Å². The highest BCUT2D eigenvalue weighted by molar-refractivity contribution is 7.13. The molecular formula is C23H20N6OS.